The van der Waals surface area contributed by atoms with Crippen molar-refractivity contribution in [3.63, 3.8) is 0 Å². The highest BCUT2D eigenvalue weighted by atomic mass is 16.2. The summed E-state index contributed by atoms with van der Waals surface area (Å²) < 4.78 is 3.44. The molecule has 0 unspecified atom stereocenters. The number of amides is 9. The van der Waals surface area contributed by atoms with Crippen LogP contribution in [0.5, 0.6) is 0 Å². The molecule has 60 heavy (non-hydrogen) atoms. The van der Waals surface area contributed by atoms with Gasteiger partial charge in [0.25, 0.3) is 0 Å². The SMILES string of the molecule is O=C1CCCCCN1C(=O)NCCCCCCn1c(=O)n(CCCCCCNC(=O)N2CCCCCC2=O)c(=O)n(CCCCCCNC(=O)N2CCCCCC2=O)c1=O. The summed E-state index contributed by atoms with van der Waals surface area (Å²) in [5, 5.41) is 8.48. The number of carbonyl (C=O) groups excluding carboxylic acids is 6. The summed E-state index contributed by atoms with van der Waals surface area (Å²) in [6, 6.07) is -1.09. The fraction of sp³-hybridized carbons (Fsp3) is 0.786. The number of hydrogen-bond donors (Lipinski definition) is 3. The predicted octanol–water partition coefficient (Wildman–Crippen LogP) is 4.19. The number of imide groups is 3. The predicted molar refractivity (Wildman–Crippen MR) is 225 cm³/mol. The Morgan fingerprint density at radius 1 is 0.350 bits per heavy atom. The number of hydrogen-bond acceptors (Lipinski definition) is 9. The van der Waals surface area contributed by atoms with E-state index in [1.165, 1.54) is 14.7 Å². The molecular formula is C42H69N9O9. The quantitative estimate of drug-likeness (QED) is 0.151. The molecule has 0 spiro atoms. The Bertz CT molecular complexity index is 1540. The van der Waals surface area contributed by atoms with Crippen molar-refractivity contribution < 1.29 is 28.8 Å². The minimum atomic E-state index is -0.636. The van der Waals surface area contributed by atoms with Crippen LogP contribution in [0.15, 0.2) is 14.4 Å². The summed E-state index contributed by atoms with van der Waals surface area (Å²) in [6.07, 6.45) is 16.6. The van der Waals surface area contributed by atoms with Crippen LogP contribution in [0, 0.1) is 0 Å². The number of aromatic nitrogens is 3. The molecule has 0 aliphatic carbocycles. The number of nitrogens with zero attached hydrogens (tertiary/aromatic N) is 6. The van der Waals surface area contributed by atoms with Gasteiger partial charge >= 0.3 is 35.2 Å². The maximum Gasteiger partial charge on any atom is 0.336 e. The fourth-order valence-electron chi connectivity index (χ4n) is 7.97. The summed E-state index contributed by atoms with van der Waals surface area (Å²) in [7, 11) is 0. The minimum Gasteiger partial charge on any atom is -0.338 e. The third-order valence-corrected chi connectivity index (χ3v) is 11.6. The van der Waals surface area contributed by atoms with Gasteiger partial charge in [-0.25, -0.2) is 42.5 Å². The van der Waals surface area contributed by atoms with Gasteiger partial charge in [0.1, 0.15) is 0 Å². The number of carbonyl (C=O) groups is 6. The monoisotopic (exact) mass is 844 g/mol. The average molecular weight is 844 g/mol. The van der Waals surface area contributed by atoms with Gasteiger partial charge in [0.15, 0.2) is 0 Å². The van der Waals surface area contributed by atoms with Crippen molar-refractivity contribution in [1.82, 2.24) is 44.4 Å². The van der Waals surface area contributed by atoms with Gasteiger partial charge in [-0.1, -0.05) is 57.8 Å². The van der Waals surface area contributed by atoms with Gasteiger partial charge < -0.3 is 16.0 Å². The molecule has 3 fully saturated rings. The smallest absolute Gasteiger partial charge is 0.336 e. The van der Waals surface area contributed by atoms with Crippen LogP contribution in [0.1, 0.15) is 154 Å². The Kier molecular flexibility index (Phi) is 21.1. The van der Waals surface area contributed by atoms with Crippen LogP contribution < -0.4 is 33.0 Å². The lowest BCUT2D eigenvalue weighted by Gasteiger charge is -2.19. The molecule has 3 aliphatic rings. The molecule has 1 aromatic rings. The zero-order chi connectivity index (χ0) is 43.1. The molecule has 0 saturated carbocycles. The fourth-order valence-corrected chi connectivity index (χ4v) is 7.97. The maximum atomic E-state index is 13.6. The molecule has 18 heteroatoms. The molecule has 3 aliphatic heterocycles. The second kappa shape index (κ2) is 26.4. The third-order valence-electron chi connectivity index (χ3n) is 11.6. The molecule has 3 saturated heterocycles. The van der Waals surface area contributed by atoms with E-state index in [-0.39, 0.29) is 55.4 Å². The highest BCUT2D eigenvalue weighted by molar-refractivity contribution is 5.95. The van der Waals surface area contributed by atoms with Crippen molar-refractivity contribution in [1.29, 1.82) is 0 Å². The second-order valence-corrected chi connectivity index (χ2v) is 16.3. The number of nitrogens with one attached hydrogen (secondary N) is 3. The second-order valence-electron chi connectivity index (χ2n) is 16.3. The molecule has 0 aromatic carbocycles. The average Bonchev–Trinajstić information content (AvgIpc) is 3.70. The van der Waals surface area contributed by atoms with E-state index in [0.717, 1.165) is 90.8 Å². The Balaban J connectivity index is 1.25. The molecule has 1 aromatic heterocycles. The molecule has 0 radical (unpaired) electrons. The van der Waals surface area contributed by atoms with Crippen LogP contribution in [0.3, 0.4) is 0 Å². The Labute approximate surface area is 352 Å². The van der Waals surface area contributed by atoms with E-state index in [1.54, 1.807) is 0 Å². The van der Waals surface area contributed by atoms with Crippen molar-refractivity contribution in [3.05, 3.63) is 31.5 Å². The van der Waals surface area contributed by atoms with E-state index in [9.17, 15) is 43.2 Å². The van der Waals surface area contributed by atoms with Crippen LogP contribution in [-0.2, 0) is 34.0 Å². The van der Waals surface area contributed by atoms with E-state index in [4.69, 9.17) is 0 Å². The highest BCUT2D eigenvalue weighted by Crippen LogP contribution is 2.14. The first-order valence-corrected chi connectivity index (χ1v) is 22.8. The zero-order valence-electron chi connectivity index (χ0n) is 35.7. The van der Waals surface area contributed by atoms with E-state index in [0.29, 0.717) is 116 Å². The van der Waals surface area contributed by atoms with Gasteiger partial charge in [-0.2, -0.15) is 0 Å². The summed E-state index contributed by atoms with van der Waals surface area (Å²) >= 11 is 0. The van der Waals surface area contributed by atoms with E-state index < -0.39 is 17.1 Å². The van der Waals surface area contributed by atoms with Gasteiger partial charge in [0.2, 0.25) is 17.7 Å². The lowest BCUT2D eigenvalue weighted by atomic mass is 10.2. The Morgan fingerprint density at radius 3 is 0.900 bits per heavy atom. The molecular weight excluding hydrogens is 775 g/mol. The summed E-state index contributed by atoms with van der Waals surface area (Å²) in [6.45, 7) is 2.97. The molecule has 0 bridgehead atoms. The largest absolute Gasteiger partial charge is 0.338 e. The van der Waals surface area contributed by atoms with Crippen molar-refractivity contribution in [2.45, 2.75) is 174 Å². The van der Waals surface area contributed by atoms with Gasteiger partial charge in [-0.05, 0) is 77.0 Å². The van der Waals surface area contributed by atoms with E-state index >= 15 is 0 Å². The summed E-state index contributed by atoms with van der Waals surface area (Å²) in [4.78, 5) is 119. The van der Waals surface area contributed by atoms with Crippen molar-refractivity contribution in [2.75, 3.05) is 39.3 Å². The minimum absolute atomic E-state index is 0.144. The summed E-state index contributed by atoms with van der Waals surface area (Å²) in [5.74, 6) is -0.432. The molecule has 18 nitrogen and oxygen atoms in total. The number of likely N-dealkylation sites (tertiary alicyclic amines) is 3. The van der Waals surface area contributed by atoms with Gasteiger partial charge in [0.05, 0.1) is 0 Å². The Hall–Kier alpha value is -4.77. The normalized spacial score (nSPS) is 16.6. The molecule has 4 heterocycles. The lowest BCUT2D eigenvalue weighted by molar-refractivity contribution is -0.128. The molecule has 0 atom stereocenters. The van der Waals surface area contributed by atoms with E-state index in [2.05, 4.69) is 16.0 Å². The maximum absolute atomic E-state index is 13.6. The van der Waals surface area contributed by atoms with Crippen molar-refractivity contribution >= 4 is 35.8 Å². The highest BCUT2D eigenvalue weighted by Gasteiger charge is 2.25. The first kappa shape index (κ1) is 47.9. The lowest BCUT2D eigenvalue weighted by Crippen LogP contribution is -2.54. The Morgan fingerprint density at radius 2 is 0.617 bits per heavy atom. The van der Waals surface area contributed by atoms with Crippen LogP contribution in [0.4, 0.5) is 14.4 Å². The first-order chi connectivity index (χ1) is 29.1. The van der Waals surface area contributed by atoms with Gasteiger partial charge in [-0.3, -0.25) is 29.1 Å². The number of urea groups is 3. The van der Waals surface area contributed by atoms with Gasteiger partial charge in [0, 0.05) is 78.2 Å². The molecule has 336 valence electrons. The van der Waals surface area contributed by atoms with Crippen molar-refractivity contribution in [2.24, 2.45) is 0 Å². The molecule has 3 N–H and O–H groups in total. The summed E-state index contributed by atoms with van der Waals surface area (Å²) in [5.41, 5.74) is -1.91. The standard InChI is InChI=1S/C42H69N9O9/c52-34-22-10-7-19-28-46(34)37(55)43-25-13-1-4-16-31-49-40(58)50(32-17-5-2-14-26-44-38(56)47-29-20-8-11-23-35(47)53)42(60)51(41(49)59)33-18-6-3-15-27-45-39(57)48-30-21-9-12-24-36(48)54/h1-33H2,(H,43,55)(H,44,56)(H,45,57). The molecule has 9 amide bonds. The number of rotatable bonds is 21. The number of unbranched alkanes of at least 4 members (excludes halogenated alkanes) is 9. The van der Waals surface area contributed by atoms with Crippen LogP contribution >= 0.6 is 0 Å². The topological polar surface area (TPSA) is 214 Å². The van der Waals surface area contributed by atoms with Crippen LogP contribution in [-0.4, -0.2) is 103 Å². The third kappa shape index (κ3) is 15.4. The zero-order valence-corrected chi connectivity index (χ0v) is 35.7. The van der Waals surface area contributed by atoms with E-state index in [1.807, 2.05) is 0 Å². The molecule has 4 rings (SSSR count). The van der Waals surface area contributed by atoms with Crippen LogP contribution in [0.2, 0.25) is 0 Å². The first-order valence-electron chi connectivity index (χ1n) is 22.8. The van der Waals surface area contributed by atoms with Crippen LogP contribution in [0.25, 0.3) is 0 Å². The van der Waals surface area contributed by atoms with Gasteiger partial charge in [-0.15, -0.1) is 0 Å². The van der Waals surface area contributed by atoms with Crippen molar-refractivity contribution in [3.8, 4) is 0 Å².